The fourth-order valence-electron chi connectivity index (χ4n) is 6.66. The molecule has 2 saturated heterocycles. The Kier molecular flexibility index (Phi) is 7.67. The lowest BCUT2D eigenvalue weighted by Gasteiger charge is -2.35. The average molecular weight is 571 g/mol. The minimum absolute atomic E-state index is 0.0194. The van der Waals surface area contributed by atoms with Gasteiger partial charge in [-0.25, -0.2) is 4.98 Å². The fourth-order valence-corrected chi connectivity index (χ4v) is 7.51. The smallest absolute Gasteiger partial charge is 0.307 e. The van der Waals surface area contributed by atoms with Gasteiger partial charge >= 0.3 is 5.97 Å². The van der Waals surface area contributed by atoms with E-state index in [0.717, 1.165) is 85.8 Å². The van der Waals surface area contributed by atoms with E-state index in [2.05, 4.69) is 17.0 Å². The summed E-state index contributed by atoms with van der Waals surface area (Å²) in [6, 6.07) is 13.5. The van der Waals surface area contributed by atoms with Crippen molar-refractivity contribution >= 4 is 28.3 Å². The van der Waals surface area contributed by atoms with E-state index in [1.54, 1.807) is 23.5 Å². The lowest BCUT2D eigenvalue weighted by atomic mass is 9.85. The van der Waals surface area contributed by atoms with E-state index < -0.39 is 5.97 Å². The molecule has 3 fully saturated rings. The van der Waals surface area contributed by atoms with Crippen molar-refractivity contribution in [2.75, 3.05) is 31.1 Å². The number of anilines is 1. The number of amides is 1. The largest absolute Gasteiger partial charge is 0.488 e. The van der Waals surface area contributed by atoms with Gasteiger partial charge in [-0.05, 0) is 75.1 Å². The van der Waals surface area contributed by atoms with Crippen molar-refractivity contribution in [3.63, 3.8) is 0 Å². The molecule has 3 aromatic rings. The van der Waals surface area contributed by atoms with Gasteiger partial charge in [-0.3, -0.25) is 9.59 Å². The Labute approximate surface area is 244 Å². The van der Waals surface area contributed by atoms with Gasteiger partial charge in [0, 0.05) is 48.2 Å². The van der Waals surface area contributed by atoms with Crippen LogP contribution in [0.1, 0.15) is 59.2 Å². The summed E-state index contributed by atoms with van der Waals surface area (Å²) in [6.45, 7) is 5.21. The van der Waals surface area contributed by atoms with Crippen LogP contribution in [0.3, 0.4) is 0 Å². The Bertz CT molecular complexity index is 1490. The third kappa shape index (κ3) is 5.53. The number of aromatic nitrogens is 1. The second kappa shape index (κ2) is 11.5. The van der Waals surface area contributed by atoms with Gasteiger partial charge in [0.25, 0.3) is 5.91 Å². The Morgan fingerprint density at radius 2 is 1.85 bits per heavy atom. The van der Waals surface area contributed by atoms with Gasteiger partial charge in [-0.1, -0.05) is 17.7 Å². The topological polar surface area (TPSA) is 107 Å². The molecule has 6 rings (SSSR count). The van der Waals surface area contributed by atoms with Crippen molar-refractivity contribution in [3.05, 3.63) is 64.0 Å². The standard InChI is InChI=1S/C32H34N4O4S/c1-20-5-10-28(40-18-24-9-6-21(14-25(24)15-33)30(37)35-11-3-2-4-12-35)26(13-20)27-19-41-32(34-27)36-16-22-7-8-23(17-36)29(22)31(38)39/h5-6,9-10,13-14,19,22-23,29H,2-4,7-8,11-12,16-18H2,1H3,(H,38,39)/t22-,23+,29?. The van der Waals surface area contributed by atoms with Crippen LogP contribution in [0.15, 0.2) is 41.8 Å². The first-order valence-electron chi connectivity index (χ1n) is 14.4. The molecule has 3 aliphatic rings. The summed E-state index contributed by atoms with van der Waals surface area (Å²) in [5.74, 6) is 0.0992. The third-order valence-electron chi connectivity index (χ3n) is 8.80. The van der Waals surface area contributed by atoms with Crippen LogP contribution in [0.4, 0.5) is 5.13 Å². The molecule has 1 unspecified atom stereocenters. The van der Waals surface area contributed by atoms with Gasteiger partial charge in [0.2, 0.25) is 0 Å². The lowest BCUT2D eigenvalue weighted by molar-refractivity contribution is -0.144. The van der Waals surface area contributed by atoms with Crippen LogP contribution in [0.2, 0.25) is 0 Å². The molecule has 0 spiro atoms. The fraction of sp³-hybridized carbons (Fsp3) is 0.438. The molecule has 8 nitrogen and oxygen atoms in total. The van der Waals surface area contributed by atoms with Gasteiger partial charge < -0.3 is 19.6 Å². The molecule has 1 aliphatic carbocycles. The predicted molar refractivity (Wildman–Crippen MR) is 157 cm³/mol. The average Bonchev–Trinajstić information content (AvgIpc) is 3.59. The third-order valence-corrected chi connectivity index (χ3v) is 9.70. The molecule has 2 aromatic carbocycles. The number of likely N-dealkylation sites (tertiary alicyclic amines) is 1. The van der Waals surface area contributed by atoms with Crippen molar-refractivity contribution in [1.82, 2.24) is 9.88 Å². The Morgan fingerprint density at radius 3 is 2.56 bits per heavy atom. The van der Waals surface area contributed by atoms with Crippen molar-refractivity contribution in [1.29, 1.82) is 5.26 Å². The molecule has 2 aliphatic heterocycles. The Balaban J connectivity index is 1.18. The molecule has 41 heavy (non-hydrogen) atoms. The van der Waals surface area contributed by atoms with Crippen LogP contribution >= 0.6 is 11.3 Å². The summed E-state index contributed by atoms with van der Waals surface area (Å²) in [5.41, 5.74) is 4.49. The minimum Gasteiger partial charge on any atom is -0.488 e. The van der Waals surface area contributed by atoms with E-state index in [4.69, 9.17) is 9.72 Å². The number of fused-ring (bicyclic) bond motifs is 2. The molecule has 1 saturated carbocycles. The van der Waals surface area contributed by atoms with Gasteiger partial charge in [-0.15, -0.1) is 11.3 Å². The number of nitrogens with zero attached hydrogens (tertiary/aromatic N) is 4. The Hall–Kier alpha value is -3.90. The minimum atomic E-state index is -0.665. The quantitative estimate of drug-likeness (QED) is 0.386. The normalized spacial score (nSPS) is 21.9. The highest BCUT2D eigenvalue weighted by molar-refractivity contribution is 7.14. The summed E-state index contributed by atoms with van der Waals surface area (Å²) in [6.07, 6.45) is 5.12. The van der Waals surface area contributed by atoms with E-state index in [1.807, 2.05) is 35.4 Å². The number of carboxylic acids is 1. The summed E-state index contributed by atoms with van der Waals surface area (Å²) in [7, 11) is 0. The van der Waals surface area contributed by atoms with E-state index in [1.165, 1.54) is 0 Å². The molecular formula is C32H34N4O4S. The van der Waals surface area contributed by atoms with E-state index in [0.29, 0.717) is 16.9 Å². The van der Waals surface area contributed by atoms with Crippen LogP contribution in [-0.2, 0) is 11.4 Å². The summed E-state index contributed by atoms with van der Waals surface area (Å²) < 4.78 is 6.27. The highest BCUT2D eigenvalue weighted by Gasteiger charge is 2.46. The SMILES string of the molecule is Cc1ccc(OCc2ccc(C(=O)N3CCCCC3)cc2C#N)c(-c2csc(N3C[C@H]4CC[C@@H](C3)C4C(=O)O)n2)c1. The van der Waals surface area contributed by atoms with Gasteiger partial charge in [0.15, 0.2) is 5.13 Å². The van der Waals surface area contributed by atoms with E-state index >= 15 is 0 Å². The number of carbonyl (C=O) groups excluding carboxylic acids is 1. The van der Waals surface area contributed by atoms with Crippen LogP contribution in [-0.4, -0.2) is 53.0 Å². The molecule has 1 aromatic heterocycles. The zero-order valence-electron chi connectivity index (χ0n) is 23.2. The molecular weight excluding hydrogens is 536 g/mol. The predicted octanol–water partition coefficient (Wildman–Crippen LogP) is 5.74. The number of thiazole rings is 1. The van der Waals surface area contributed by atoms with Gasteiger partial charge in [0.1, 0.15) is 12.4 Å². The number of piperidine rings is 2. The molecule has 212 valence electrons. The lowest BCUT2D eigenvalue weighted by Crippen LogP contribution is -2.44. The Morgan fingerprint density at radius 1 is 1.10 bits per heavy atom. The second-order valence-corrected chi connectivity index (χ2v) is 12.3. The van der Waals surface area contributed by atoms with E-state index in [9.17, 15) is 20.0 Å². The number of hydrogen-bond donors (Lipinski definition) is 1. The monoisotopic (exact) mass is 570 g/mol. The molecule has 0 radical (unpaired) electrons. The molecule has 2 bridgehead atoms. The van der Waals surface area contributed by atoms with Crippen molar-refractivity contribution in [2.45, 2.75) is 45.6 Å². The van der Waals surface area contributed by atoms with Gasteiger partial charge in [-0.2, -0.15) is 5.26 Å². The zero-order valence-corrected chi connectivity index (χ0v) is 24.0. The molecule has 1 N–H and O–H groups in total. The van der Waals surface area contributed by atoms with Crippen LogP contribution in [0, 0.1) is 36.0 Å². The van der Waals surface area contributed by atoms with E-state index in [-0.39, 0.29) is 30.3 Å². The highest BCUT2D eigenvalue weighted by atomic mass is 32.1. The summed E-state index contributed by atoms with van der Waals surface area (Å²) >= 11 is 1.58. The molecule has 3 heterocycles. The number of carbonyl (C=O) groups is 2. The van der Waals surface area contributed by atoms with Crippen molar-refractivity contribution in [2.24, 2.45) is 17.8 Å². The highest BCUT2D eigenvalue weighted by Crippen LogP contribution is 2.44. The molecule has 1 amide bonds. The maximum absolute atomic E-state index is 12.9. The first kappa shape index (κ1) is 27.3. The van der Waals surface area contributed by atoms with Gasteiger partial charge in [0.05, 0.1) is 23.2 Å². The second-order valence-electron chi connectivity index (χ2n) is 11.5. The molecule has 9 heteroatoms. The van der Waals surface area contributed by atoms with Crippen molar-refractivity contribution in [3.8, 4) is 23.1 Å². The van der Waals surface area contributed by atoms with Crippen LogP contribution in [0.5, 0.6) is 5.75 Å². The number of hydrogen-bond acceptors (Lipinski definition) is 7. The number of benzene rings is 2. The number of aryl methyl sites for hydroxylation is 1. The maximum Gasteiger partial charge on any atom is 0.307 e. The number of rotatable bonds is 7. The van der Waals surface area contributed by atoms with Crippen LogP contribution < -0.4 is 9.64 Å². The first-order chi connectivity index (χ1) is 19.9. The zero-order chi connectivity index (χ0) is 28.5. The maximum atomic E-state index is 12.9. The summed E-state index contributed by atoms with van der Waals surface area (Å²) in [5, 5.41) is 22.4. The number of ether oxygens (including phenoxy) is 1. The number of carboxylic acid groups (broad SMARTS) is 1. The first-order valence-corrected chi connectivity index (χ1v) is 15.3. The number of aliphatic carboxylic acids is 1. The number of nitriles is 1. The summed E-state index contributed by atoms with van der Waals surface area (Å²) in [4.78, 5) is 33.8. The van der Waals surface area contributed by atoms with Crippen LogP contribution in [0.25, 0.3) is 11.3 Å². The molecule has 3 atom stereocenters. The van der Waals surface area contributed by atoms with Crippen molar-refractivity contribution < 1.29 is 19.4 Å².